The third kappa shape index (κ3) is 1.70. The van der Waals surface area contributed by atoms with Crippen LogP contribution in [0, 0.1) is 6.92 Å². The van der Waals surface area contributed by atoms with Crippen LogP contribution >= 0.6 is 12.2 Å². The van der Waals surface area contributed by atoms with E-state index in [0.29, 0.717) is 0 Å². The van der Waals surface area contributed by atoms with Gasteiger partial charge < -0.3 is 4.74 Å². The largest absolute Gasteiger partial charge is 0.496 e. The molecule has 0 atom stereocenters. The van der Waals surface area contributed by atoms with Crippen molar-refractivity contribution in [1.82, 2.24) is 4.98 Å². The molecular weight excluding hydrogens is 206 g/mol. The fourth-order valence-corrected chi connectivity index (χ4v) is 1.85. The van der Waals surface area contributed by atoms with Gasteiger partial charge in [0.25, 0.3) is 0 Å². The minimum Gasteiger partial charge on any atom is -0.496 e. The smallest absolute Gasteiger partial charge is 0.127 e. The molecule has 0 amide bonds. The molecule has 0 bridgehead atoms. The van der Waals surface area contributed by atoms with Gasteiger partial charge in [-0.2, -0.15) is 0 Å². The third-order valence-electron chi connectivity index (χ3n) is 2.35. The summed E-state index contributed by atoms with van der Waals surface area (Å²) in [6.07, 6.45) is 0. The van der Waals surface area contributed by atoms with Crippen LogP contribution in [0.5, 0.6) is 5.75 Å². The van der Waals surface area contributed by atoms with Crippen molar-refractivity contribution >= 4 is 28.5 Å². The lowest BCUT2D eigenvalue weighted by Crippen LogP contribution is -1.93. The predicted molar refractivity (Wildman–Crippen MR) is 65.8 cm³/mol. The Kier molecular flexibility index (Phi) is 2.64. The van der Waals surface area contributed by atoms with Gasteiger partial charge in [-0.1, -0.05) is 18.3 Å². The van der Waals surface area contributed by atoms with Crippen molar-refractivity contribution in [2.24, 2.45) is 0 Å². The van der Waals surface area contributed by atoms with E-state index >= 15 is 0 Å². The summed E-state index contributed by atoms with van der Waals surface area (Å²) in [5.74, 6) is 0.795. The first-order valence-corrected chi connectivity index (χ1v) is 5.13. The Morgan fingerprint density at radius 2 is 2.07 bits per heavy atom. The number of nitrogens with zero attached hydrogens (tertiary/aromatic N) is 1. The normalized spacial score (nSPS) is 10.3. The molecule has 0 aliphatic carbocycles. The van der Waals surface area contributed by atoms with Crippen LogP contribution in [-0.2, 0) is 0 Å². The lowest BCUT2D eigenvalue weighted by atomic mass is 10.1. The van der Waals surface area contributed by atoms with Crippen molar-refractivity contribution in [2.75, 3.05) is 7.11 Å². The number of aromatic nitrogens is 1. The molecule has 1 heterocycles. The van der Waals surface area contributed by atoms with Gasteiger partial charge in [-0.25, -0.2) is 0 Å². The van der Waals surface area contributed by atoms with Gasteiger partial charge in [0.05, 0.1) is 12.6 Å². The molecule has 0 fully saturated rings. The monoisotopic (exact) mass is 217 g/mol. The quantitative estimate of drug-likeness (QED) is 0.722. The highest BCUT2D eigenvalue weighted by Crippen LogP contribution is 2.25. The van der Waals surface area contributed by atoms with Crippen LogP contribution in [0.4, 0.5) is 0 Å². The SMILES string of the molecule is COc1ccc2nc(C)ccc2c1C=S. The molecule has 2 aromatic rings. The number of hydrogen-bond acceptors (Lipinski definition) is 3. The van der Waals surface area contributed by atoms with Gasteiger partial charge in [-0.3, -0.25) is 4.98 Å². The van der Waals surface area contributed by atoms with Crippen molar-refractivity contribution in [3.63, 3.8) is 0 Å². The summed E-state index contributed by atoms with van der Waals surface area (Å²) in [6, 6.07) is 7.85. The molecule has 0 aliphatic heterocycles. The van der Waals surface area contributed by atoms with Gasteiger partial charge >= 0.3 is 0 Å². The Labute approximate surface area is 93.9 Å². The highest BCUT2D eigenvalue weighted by Gasteiger charge is 2.06. The van der Waals surface area contributed by atoms with Gasteiger partial charge in [0.1, 0.15) is 5.75 Å². The molecule has 15 heavy (non-hydrogen) atoms. The van der Waals surface area contributed by atoms with E-state index in [1.165, 1.54) is 0 Å². The van der Waals surface area contributed by atoms with Gasteiger partial charge in [0, 0.05) is 22.0 Å². The Morgan fingerprint density at radius 3 is 2.73 bits per heavy atom. The number of aryl methyl sites for hydroxylation is 1. The lowest BCUT2D eigenvalue weighted by molar-refractivity contribution is 0.415. The third-order valence-corrected chi connectivity index (χ3v) is 2.59. The number of thiocarbonyl (C=S) groups is 1. The summed E-state index contributed by atoms with van der Waals surface area (Å²) < 4.78 is 5.25. The molecule has 0 spiro atoms. The molecule has 0 aliphatic rings. The van der Waals surface area contributed by atoms with E-state index in [1.807, 2.05) is 31.2 Å². The van der Waals surface area contributed by atoms with Crippen LogP contribution in [0.15, 0.2) is 24.3 Å². The van der Waals surface area contributed by atoms with Crippen molar-refractivity contribution < 1.29 is 4.74 Å². The minimum atomic E-state index is 0.795. The van der Waals surface area contributed by atoms with E-state index in [4.69, 9.17) is 17.0 Å². The number of fused-ring (bicyclic) bond motifs is 1. The molecule has 1 aromatic carbocycles. The van der Waals surface area contributed by atoms with Gasteiger partial charge in [-0.05, 0) is 25.1 Å². The average molecular weight is 217 g/mol. The summed E-state index contributed by atoms with van der Waals surface area (Å²) in [6.45, 7) is 1.97. The minimum absolute atomic E-state index is 0.795. The van der Waals surface area contributed by atoms with Crippen LogP contribution < -0.4 is 4.74 Å². The zero-order valence-electron chi connectivity index (χ0n) is 8.65. The second-order valence-electron chi connectivity index (χ2n) is 3.32. The maximum Gasteiger partial charge on any atom is 0.127 e. The molecular formula is C12H11NOS. The molecule has 0 radical (unpaired) electrons. The molecule has 76 valence electrons. The standard InChI is InChI=1S/C12H11NOS/c1-8-3-4-9-10(7-15)12(14-2)6-5-11(9)13-8/h3-7H,1-2H3. The average Bonchev–Trinajstić information content (AvgIpc) is 2.27. The molecule has 0 unspecified atom stereocenters. The number of pyridine rings is 1. The van der Waals surface area contributed by atoms with Gasteiger partial charge in [0.2, 0.25) is 0 Å². The van der Waals surface area contributed by atoms with Gasteiger partial charge in [0.15, 0.2) is 0 Å². The van der Waals surface area contributed by atoms with E-state index in [9.17, 15) is 0 Å². The first kappa shape index (κ1) is 10.1. The summed E-state index contributed by atoms with van der Waals surface area (Å²) >= 11 is 5.00. The van der Waals surface area contributed by atoms with E-state index in [0.717, 1.165) is 27.9 Å². The zero-order chi connectivity index (χ0) is 10.8. The van der Waals surface area contributed by atoms with Crippen LogP contribution in [0.2, 0.25) is 0 Å². The second kappa shape index (κ2) is 3.95. The summed E-state index contributed by atoms with van der Waals surface area (Å²) in [4.78, 5) is 4.44. The molecule has 3 heteroatoms. The molecule has 0 saturated carbocycles. The first-order valence-electron chi connectivity index (χ1n) is 4.66. The van der Waals surface area contributed by atoms with Crippen LogP contribution in [0.3, 0.4) is 0 Å². The number of methoxy groups -OCH3 is 1. The van der Waals surface area contributed by atoms with E-state index in [-0.39, 0.29) is 0 Å². The number of ether oxygens (including phenoxy) is 1. The Bertz CT molecular complexity index is 522. The van der Waals surface area contributed by atoms with E-state index in [2.05, 4.69) is 4.98 Å². The molecule has 2 nitrogen and oxygen atoms in total. The van der Waals surface area contributed by atoms with E-state index in [1.54, 1.807) is 12.5 Å². The maximum absolute atomic E-state index is 5.25. The molecule has 1 aromatic heterocycles. The van der Waals surface area contributed by atoms with Gasteiger partial charge in [-0.15, -0.1) is 0 Å². The molecule has 0 N–H and O–H groups in total. The lowest BCUT2D eigenvalue weighted by Gasteiger charge is -2.07. The maximum atomic E-state index is 5.25. The Balaban J connectivity index is 2.82. The molecule has 0 saturated heterocycles. The van der Waals surface area contributed by atoms with Crippen molar-refractivity contribution in [3.8, 4) is 5.75 Å². The van der Waals surface area contributed by atoms with Crippen molar-refractivity contribution in [2.45, 2.75) is 6.92 Å². The summed E-state index contributed by atoms with van der Waals surface area (Å²) in [5.41, 5.74) is 2.88. The summed E-state index contributed by atoms with van der Waals surface area (Å²) in [5, 5.41) is 2.67. The van der Waals surface area contributed by atoms with Crippen molar-refractivity contribution in [3.05, 3.63) is 35.5 Å². The Hall–Kier alpha value is -1.48. The topological polar surface area (TPSA) is 22.1 Å². The fraction of sp³-hybridized carbons (Fsp3) is 0.167. The van der Waals surface area contributed by atoms with Crippen molar-refractivity contribution in [1.29, 1.82) is 0 Å². The zero-order valence-corrected chi connectivity index (χ0v) is 9.47. The fourth-order valence-electron chi connectivity index (χ4n) is 1.61. The van der Waals surface area contributed by atoms with Crippen LogP contribution in [-0.4, -0.2) is 17.5 Å². The van der Waals surface area contributed by atoms with E-state index < -0.39 is 0 Å². The number of benzene rings is 1. The second-order valence-corrected chi connectivity index (χ2v) is 3.55. The highest BCUT2D eigenvalue weighted by atomic mass is 32.1. The first-order chi connectivity index (χ1) is 7.26. The summed E-state index contributed by atoms with van der Waals surface area (Å²) in [7, 11) is 1.64. The van der Waals surface area contributed by atoms with Crippen LogP contribution in [0.25, 0.3) is 10.9 Å². The predicted octanol–water partition coefficient (Wildman–Crippen LogP) is 2.90. The highest BCUT2D eigenvalue weighted by molar-refractivity contribution is 7.79. The Morgan fingerprint density at radius 1 is 1.27 bits per heavy atom. The van der Waals surface area contributed by atoms with Crippen LogP contribution in [0.1, 0.15) is 11.3 Å². The number of rotatable bonds is 2. The number of hydrogen-bond donors (Lipinski definition) is 0. The molecule has 2 rings (SSSR count).